The average Bonchev–Trinajstić information content (AvgIpc) is 3.04. The first-order valence-corrected chi connectivity index (χ1v) is 10.1. The number of rotatable bonds is 11. The van der Waals surface area contributed by atoms with Crippen LogP contribution < -0.4 is 16.0 Å². The van der Waals surface area contributed by atoms with Crippen LogP contribution in [0.2, 0.25) is 0 Å². The van der Waals surface area contributed by atoms with Gasteiger partial charge in [-0.1, -0.05) is 32.6 Å². The van der Waals surface area contributed by atoms with Gasteiger partial charge in [0.15, 0.2) is 11.6 Å². The summed E-state index contributed by atoms with van der Waals surface area (Å²) in [5, 5.41) is 15.3. The molecule has 8 nitrogen and oxygen atoms in total. The van der Waals surface area contributed by atoms with E-state index in [-0.39, 0.29) is 24.0 Å². The number of aliphatic imine (C=N–C) groups is 1. The number of halogens is 1. The summed E-state index contributed by atoms with van der Waals surface area (Å²) in [6.07, 6.45) is 9.67. The van der Waals surface area contributed by atoms with Crippen molar-refractivity contribution in [3.05, 3.63) is 12.5 Å². The van der Waals surface area contributed by atoms with Gasteiger partial charge >= 0.3 is 0 Å². The van der Waals surface area contributed by atoms with Crippen LogP contribution in [0, 0.1) is 0 Å². The van der Waals surface area contributed by atoms with Crippen LogP contribution >= 0.6 is 24.0 Å². The Kier molecular flexibility index (Phi) is 11.8. The van der Waals surface area contributed by atoms with E-state index < -0.39 is 0 Å². The molecule has 0 saturated heterocycles. The number of anilines is 1. The highest BCUT2D eigenvalue weighted by atomic mass is 127. The van der Waals surface area contributed by atoms with E-state index in [1.54, 1.807) is 17.2 Å². The Morgan fingerprint density at radius 2 is 2.04 bits per heavy atom. The number of hydrogen-bond donors (Lipinski definition) is 3. The molecule has 0 aromatic carbocycles. The lowest BCUT2D eigenvalue weighted by Gasteiger charge is -2.17. The molecule has 0 saturated carbocycles. The molecule has 9 heteroatoms. The van der Waals surface area contributed by atoms with Crippen LogP contribution in [0.15, 0.2) is 17.5 Å². The Morgan fingerprint density at radius 3 is 2.79 bits per heavy atom. The summed E-state index contributed by atoms with van der Waals surface area (Å²) in [5.41, 5.74) is 0.822. The zero-order valence-electron chi connectivity index (χ0n) is 17.5. The van der Waals surface area contributed by atoms with Crippen molar-refractivity contribution in [1.29, 1.82) is 0 Å². The van der Waals surface area contributed by atoms with E-state index >= 15 is 0 Å². The molecule has 0 spiro atoms. The fraction of sp³-hybridized carbons (Fsp3) is 0.684. The first-order valence-electron chi connectivity index (χ1n) is 10.1. The molecule has 0 fully saturated rings. The zero-order valence-corrected chi connectivity index (χ0v) is 19.9. The van der Waals surface area contributed by atoms with Gasteiger partial charge in [-0.05, 0) is 20.3 Å². The molecule has 0 radical (unpaired) electrons. The van der Waals surface area contributed by atoms with Gasteiger partial charge in [-0.25, -0.2) is 9.97 Å². The summed E-state index contributed by atoms with van der Waals surface area (Å²) < 4.78 is 1.75. The fourth-order valence-electron chi connectivity index (χ4n) is 2.95. The van der Waals surface area contributed by atoms with Crippen LogP contribution in [-0.2, 0) is 7.05 Å². The number of nitrogens with zero attached hydrogens (tertiary/aromatic N) is 5. The summed E-state index contributed by atoms with van der Waals surface area (Å²) >= 11 is 0. The highest BCUT2D eigenvalue weighted by Crippen LogP contribution is 2.17. The van der Waals surface area contributed by atoms with Gasteiger partial charge in [0, 0.05) is 26.2 Å². The van der Waals surface area contributed by atoms with Crippen molar-refractivity contribution >= 4 is 46.8 Å². The summed E-state index contributed by atoms with van der Waals surface area (Å²) in [6, 6.07) is 0.421. The van der Waals surface area contributed by atoms with Crippen LogP contribution in [0.1, 0.15) is 52.9 Å². The molecule has 2 aromatic heterocycles. The van der Waals surface area contributed by atoms with Crippen molar-refractivity contribution in [3.8, 4) is 0 Å². The summed E-state index contributed by atoms with van der Waals surface area (Å²) in [4.78, 5) is 13.2. The number of aromatic nitrogens is 4. The molecular weight excluding hydrogens is 467 g/mol. The lowest BCUT2D eigenvalue weighted by atomic mass is 10.1. The van der Waals surface area contributed by atoms with Gasteiger partial charge < -0.3 is 16.0 Å². The SMILES string of the molecule is CCCCCCC(C)NC(=NCCNc1ncnc2c1cnn2C)NCC.I. The van der Waals surface area contributed by atoms with Crippen molar-refractivity contribution < 1.29 is 0 Å². The Hall–Kier alpha value is -1.65. The first-order chi connectivity index (χ1) is 13.2. The maximum absolute atomic E-state index is 4.67. The minimum absolute atomic E-state index is 0. The van der Waals surface area contributed by atoms with E-state index in [1.807, 2.05) is 7.05 Å². The first kappa shape index (κ1) is 24.4. The van der Waals surface area contributed by atoms with Crippen LogP contribution in [0.4, 0.5) is 5.82 Å². The minimum Gasteiger partial charge on any atom is -0.367 e. The fourth-order valence-corrected chi connectivity index (χ4v) is 2.95. The van der Waals surface area contributed by atoms with Crippen molar-refractivity contribution in [2.45, 2.75) is 58.9 Å². The number of aryl methyl sites for hydroxylation is 1. The molecule has 2 rings (SSSR count). The Balaban J connectivity index is 0.00000392. The maximum Gasteiger partial charge on any atom is 0.191 e. The second kappa shape index (κ2) is 13.5. The summed E-state index contributed by atoms with van der Waals surface area (Å²) in [7, 11) is 1.88. The van der Waals surface area contributed by atoms with E-state index in [0.717, 1.165) is 29.4 Å². The van der Waals surface area contributed by atoms with Crippen LogP contribution in [0.25, 0.3) is 11.0 Å². The molecule has 0 aliphatic heterocycles. The van der Waals surface area contributed by atoms with E-state index in [1.165, 1.54) is 32.1 Å². The number of fused-ring (bicyclic) bond motifs is 1. The largest absolute Gasteiger partial charge is 0.367 e. The van der Waals surface area contributed by atoms with Gasteiger partial charge in [-0.15, -0.1) is 24.0 Å². The molecule has 2 heterocycles. The van der Waals surface area contributed by atoms with Crippen LogP contribution in [-0.4, -0.2) is 51.4 Å². The number of guanidine groups is 1. The van der Waals surface area contributed by atoms with Crippen molar-refractivity contribution in [2.75, 3.05) is 25.0 Å². The third-order valence-corrected chi connectivity index (χ3v) is 4.42. The molecule has 0 aliphatic rings. The van der Waals surface area contributed by atoms with E-state index in [4.69, 9.17) is 0 Å². The molecule has 3 N–H and O–H groups in total. The molecule has 0 bridgehead atoms. The normalized spacial score (nSPS) is 12.5. The predicted octanol–water partition coefficient (Wildman–Crippen LogP) is 3.31. The summed E-state index contributed by atoms with van der Waals surface area (Å²) in [6.45, 7) is 8.75. The van der Waals surface area contributed by atoms with Gasteiger partial charge in [0.25, 0.3) is 0 Å². The average molecular weight is 502 g/mol. The van der Waals surface area contributed by atoms with Gasteiger partial charge in [-0.3, -0.25) is 9.67 Å². The molecule has 0 amide bonds. The zero-order chi connectivity index (χ0) is 19.5. The maximum atomic E-state index is 4.67. The van der Waals surface area contributed by atoms with Gasteiger partial charge in [0.1, 0.15) is 12.1 Å². The Bertz CT molecular complexity index is 715. The van der Waals surface area contributed by atoms with Crippen molar-refractivity contribution in [1.82, 2.24) is 30.4 Å². The highest BCUT2D eigenvalue weighted by Gasteiger charge is 2.07. The van der Waals surface area contributed by atoms with Gasteiger partial charge in [0.2, 0.25) is 0 Å². The topological polar surface area (TPSA) is 92.1 Å². The van der Waals surface area contributed by atoms with Crippen molar-refractivity contribution in [2.24, 2.45) is 12.0 Å². The molecular formula is C19H35IN8. The minimum atomic E-state index is 0. The lowest BCUT2D eigenvalue weighted by Crippen LogP contribution is -2.42. The van der Waals surface area contributed by atoms with Crippen LogP contribution in [0.3, 0.4) is 0 Å². The van der Waals surface area contributed by atoms with Gasteiger partial charge in [0.05, 0.1) is 18.1 Å². The predicted molar refractivity (Wildman–Crippen MR) is 128 cm³/mol. The monoisotopic (exact) mass is 502 g/mol. The Morgan fingerprint density at radius 1 is 1.21 bits per heavy atom. The second-order valence-electron chi connectivity index (χ2n) is 6.81. The third-order valence-electron chi connectivity index (χ3n) is 4.42. The Labute approximate surface area is 185 Å². The van der Waals surface area contributed by atoms with E-state index in [2.05, 4.69) is 56.8 Å². The molecule has 28 heavy (non-hydrogen) atoms. The van der Waals surface area contributed by atoms with Crippen molar-refractivity contribution in [3.63, 3.8) is 0 Å². The highest BCUT2D eigenvalue weighted by molar-refractivity contribution is 14.0. The third kappa shape index (κ3) is 7.76. The second-order valence-corrected chi connectivity index (χ2v) is 6.81. The standard InChI is InChI=1S/C19H34N8.HI/c1-5-7-8-9-10-15(3)26-19(20-6-2)22-12-11-21-17-16-13-25-27(4)18(16)24-14-23-17;/h13-15H,5-12H2,1-4H3,(H2,20,22,26)(H,21,23,24);1H. The smallest absolute Gasteiger partial charge is 0.191 e. The molecule has 2 aromatic rings. The molecule has 1 unspecified atom stereocenters. The molecule has 158 valence electrons. The summed E-state index contributed by atoms with van der Waals surface area (Å²) in [5.74, 6) is 1.67. The molecule has 1 atom stereocenters. The quantitative estimate of drug-likeness (QED) is 0.189. The van der Waals surface area contributed by atoms with E-state index in [0.29, 0.717) is 19.1 Å². The van der Waals surface area contributed by atoms with E-state index in [9.17, 15) is 0 Å². The number of unbranched alkanes of at least 4 members (excludes halogenated alkanes) is 3. The number of nitrogens with one attached hydrogen (secondary N) is 3. The molecule has 0 aliphatic carbocycles. The van der Waals surface area contributed by atoms with Gasteiger partial charge in [-0.2, -0.15) is 5.10 Å². The lowest BCUT2D eigenvalue weighted by molar-refractivity contribution is 0.537. The number of hydrogen-bond acceptors (Lipinski definition) is 5. The van der Waals surface area contributed by atoms with Crippen LogP contribution in [0.5, 0.6) is 0 Å².